The SMILES string of the molecule is COc1cc(CNC(C)c2c(F)cccc2F)ccc1O. The van der Waals surface area contributed by atoms with Gasteiger partial charge in [-0.1, -0.05) is 12.1 Å². The Hall–Kier alpha value is -2.14. The first kappa shape index (κ1) is 15.3. The molecule has 0 bridgehead atoms. The molecule has 0 aliphatic heterocycles. The Morgan fingerprint density at radius 3 is 2.48 bits per heavy atom. The minimum Gasteiger partial charge on any atom is -0.504 e. The summed E-state index contributed by atoms with van der Waals surface area (Å²) in [6.45, 7) is 2.09. The lowest BCUT2D eigenvalue weighted by molar-refractivity contribution is 0.372. The predicted molar refractivity (Wildman–Crippen MR) is 76.3 cm³/mol. The van der Waals surface area contributed by atoms with Crippen molar-refractivity contribution < 1.29 is 18.6 Å². The minimum absolute atomic E-state index is 0.0169. The number of phenols is 1. The van der Waals surface area contributed by atoms with Crippen molar-refractivity contribution in [1.82, 2.24) is 5.32 Å². The summed E-state index contributed by atoms with van der Waals surface area (Å²) in [5.41, 5.74) is 0.858. The van der Waals surface area contributed by atoms with E-state index in [0.29, 0.717) is 12.3 Å². The lowest BCUT2D eigenvalue weighted by Crippen LogP contribution is -2.20. The summed E-state index contributed by atoms with van der Waals surface area (Å²) in [6, 6.07) is 8.24. The highest BCUT2D eigenvalue weighted by Crippen LogP contribution is 2.27. The lowest BCUT2D eigenvalue weighted by Gasteiger charge is -2.16. The van der Waals surface area contributed by atoms with Crippen molar-refractivity contribution in [2.45, 2.75) is 19.5 Å². The van der Waals surface area contributed by atoms with Crippen molar-refractivity contribution in [3.05, 3.63) is 59.2 Å². The summed E-state index contributed by atoms with van der Waals surface area (Å²) in [5, 5.41) is 12.6. The van der Waals surface area contributed by atoms with Gasteiger partial charge in [-0.05, 0) is 36.8 Å². The van der Waals surface area contributed by atoms with Gasteiger partial charge < -0.3 is 15.2 Å². The molecule has 1 atom stereocenters. The van der Waals surface area contributed by atoms with Gasteiger partial charge in [0, 0.05) is 18.2 Å². The van der Waals surface area contributed by atoms with Gasteiger partial charge in [0.2, 0.25) is 0 Å². The topological polar surface area (TPSA) is 41.5 Å². The summed E-state index contributed by atoms with van der Waals surface area (Å²) in [7, 11) is 1.46. The zero-order valence-corrected chi connectivity index (χ0v) is 11.9. The molecule has 5 heteroatoms. The molecular formula is C16H17F2NO2. The summed E-state index contributed by atoms with van der Waals surface area (Å²) < 4.78 is 32.3. The summed E-state index contributed by atoms with van der Waals surface area (Å²) in [4.78, 5) is 0. The van der Waals surface area contributed by atoms with Crippen LogP contribution in [0.25, 0.3) is 0 Å². The van der Waals surface area contributed by atoms with E-state index in [1.165, 1.54) is 31.4 Å². The van der Waals surface area contributed by atoms with Crippen LogP contribution in [0, 0.1) is 11.6 Å². The zero-order chi connectivity index (χ0) is 15.4. The maximum Gasteiger partial charge on any atom is 0.160 e. The van der Waals surface area contributed by atoms with Crippen LogP contribution in [0.2, 0.25) is 0 Å². The number of methoxy groups -OCH3 is 1. The van der Waals surface area contributed by atoms with Gasteiger partial charge in [0.25, 0.3) is 0 Å². The molecule has 0 saturated heterocycles. The number of nitrogens with one attached hydrogen (secondary N) is 1. The number of hydrogen-bond donors (Lipinski definition) is 2. The second-order valence-corrected chi connectivity index (χ2v) is 4.74. The first-order valence-corrected chi connectivity index (χ1v) is 6.56. The predicted octanol–water partition coefficient (Wildman–Crippen LogP) is 3.53. The van der Waals surface area contributed by atoms with Crippen LogP contribution in [0.4, 0.5) is 8.78 Å². The highest BCUT2D eigenvalue weighted by molar-refractivity contribution is 5.41. The fourth-order valence-electron chi connectivity index (χ4n) is 2.13. The Balaban J connectivity index is 2.09. The largest absolute Gasteiger partial charge is 0.504 e. The van der Waals surface area contributed by atoms with E-state index in [0.717, 1.165) is 5.56 Å². The number of halogens is 2. The summed E-state index contributed by atoms with van der Waals surface area (Å²) in [5.74, 6) is -0.731. The van der Waals surface area contributed by atoms with Crippen LogP contribution in [0.3, 0.4) is 0 Å². The van der Waals surface area contributed by atoms with Crippen LogP contribution in [-0.4, -0.2) is 12.2 Å². The van der Waals surface area contributed by atoms with Gasteiger partial charge in [-0.15, -0.1) is 0 Å². The molecule has 0 aliphatic rings. The molecular weight excluding hydrogens is 276 g/mol. The molecule has 2 N–H and O–H groups in total. The van der Waals surface area contributed by atoms with E-state index in [2.05, 4.69) is 5.32 Å². The van der Waals surface area contributed by atoms with Crippen molar-refractivity contribution in [2.75, 3.05) is 7.11 Å². The van der Waals surface area contributed by atoms with E-state index in [1.807, 2.05) is 0 Å². The maximum atomic E-state index is 13.7. The molecule has 0 aromatic heterocycles. The molecule has 2 aromatic rings. The molecule has 3 nitrogen and oxygen atoms in total. The molecule has 112 valence electrons. The van der Waals surface area contributed by atoms with Gasteiger partial charge in [0.05, 0.1) is 7.11 Å². The third kappa shape index (κ3) is 3.49. The molecule has 2 rings (SSSR count). The molecule has 2 aromatic carbocycles. The molecule has 0 fully saturated rings. The first-order valence-electron chi connectivity index (χ1n) is 6.56. The first-order chi connectivity index (χ1) is 10.0. The number of ether oxygens (including phenoxy) is 1. The van der Waals surface area contributed by atoms with Gasteiger partial charge in [0.1, 0.15) is 11.6 Å². The highest BCUT2D eigenvalue weighted by Gasteiger charge is 2.15. The van der Waals surface area contributed by atoms with Crippen molar-refractivity contribution in [3.63, 3.8) is 0 Å². The molecule has 0 spiro atoms. The lowest BCUT2D eigenvalue weighted by atomic mass is 10.1. The second-order valence-electron chi connectivity index (χ2n) is 4.74. The fraction of sp³-hybridized carbons (Fsp3) is 0.250. The quantitative estimate of drug-likeness (QED) is 0.886. The summed E-state index contributed by atoms with van der Waals surface area (Å²) >= 11 is 0. The second kappa shape index (κ2) is 6.54. The van der Waals surface area contributed by atoms with Gasteiger partial charge in [0.15, 0.2) is 11.5 Å². The Labute approximate surface area is 122 Å². The average molecular weight is 293 g/mol. The van der Waals surface area contributed by atoms with E-state index >= 15 is 0 Å². The minimum atomic E-state index is -0.571. The molecule has 21 heavy (non-hydrogen) atoms. The van der Waals surface area contributed by atoms with E-state index in [-0.39, 0.29) is 11.3 Å². The molecule has 0 saturated carbocycles. The van der Waals surface area contributed by atoms with Crippen LogP contribution in [0.15, 0.2) is 36.4 Å². The molecule has 0 heterocycles. The average Bonchev–Trinajstić information content (AvgIpc) is 2.46. The molecule has 0 radical (unpaired) electrons. The number of hydrogen-bond acceptors (Lipinski definition) is 3. The normalized spacial score (nSPS) is 12.2. The molecule has 1 unspecified atom stereocenters. The van der Waals surface area contributed by atoms with E-state index in [9.17, 15) is 13.9 Å². The van der Waals surface area contributed by atoms with Crippen molar-refractivity contribution in [2.24, 2.45) is 0 Å². The molecule has 0 amide bonds. The van der Waals surface area contributed by atoms with Gasteiger partial charge >= 0.3 is 0 Å². The van der Waals surface area contributed by atoms with Gasteiger partial charge in [-0.3, -0.25) is 0 Å². The summed E-state index contributed by atoms with van der Waals surface area (Å²) in [6.07, 6.45) is 0. The van der Waals surface area contributed by atoms with Crippen LogP contribution in [-0.2, 0) is 6.54 Å². The Bertz CT molecular complexity index is 611. The van der Waals surface area contributed by atoms with Crippen LogP contribution >= 0.6 is 0 Å². The van der Waals surface area contributed by atoms with Crippen LogP contribution in [0.1, 0.15) is 24.1 Å². The Kier molecular flexibility index (Phi) is 4.75. The maximum absolute atomic E-state index is 13.7. The number of aromatic hydroxyl groups is 1. The molecule has 0 aliphatic carbocycles. The van der Waals surface area contributed by atoms with Crippen LogP contribution in [0.5, 0.6) is 11.5 Å². The van der Waals surface area contributed by atoms with Crippen molar-refractivity contribution >= 4 is 0 Å². The third-order valence-electron chi connectivity index (χ3n) is 3.29. The van der Waals surface area contributed by atoms with E-state index < -0.39 is 17.7 Å². The Morgan fingerprint density at radius 1 is 1.19 bits per heavy atom. The fourth-order valence-corrected chi connectivity index (χ4v) is 2.13. The zero-order valence-electron chi connectivity index (χ0n) is 11.9. The standard InChI is InChI=1S/C16H17F2NO2/c1-10(16-12(17)4-3-5-13(16)18)19-9-11-6-7-14(20)15(8-11)21-2/h3-8,10,19-20H,9H2,1-2H3. The number of rotatable bonds is 5. The van der Waals surface area contributed by atoms with E-state index in [1.54, 1.807) is 19.1 Å². The van der Waals surface area contributed by atoms with E-state index in [4.69, 9.17) is 4.74 Å². The highest BCUT2D eigenvalue weighted by atomic mass is 19.1. The number of benzene rings is 2. The van der Waals surface area contributed by atoms with Crippen molar-refractivity contribution in [1.29, 1.82) is 0 Å². The van der Waals surface area contributed by atoms with Crippen molar-refractivity contribution in [3.8, 4) is 11.5 Å². The van der Waals surface area contributed by atoms with Gasteiger partial charge in [-0.2, -0.15) is 0 Å². The monoisotopic (exact) mass is 293 g/mol. The smallest absolute Gasteiger partial charge is 0.160 e. The van der Waals surface area contributed by atoms with Crippen LogP contribution < -0.4 is 10.1 Å². The number of phenolic OH excluding ortho intramolecular Hbond substituents is 1. The van der Waals surface area contributed by atoms with Gasteiger partial charge in [-0.25, -0.2) is 8.78 Å². The Morgan fingerprint density at radius 2 is 1.86 bits per heavy atom. The third-order valence-corrected chi connectivity index (χ3v) is 3.29.